The largest absolute Gasteiger partial charge is 0.296 e. The van der Waals surface area contributed by atoms with E-state index in [0.717, 1.165) is 16.0 Å². The predicted octanol–water partition coefficient (Wildman–Crippen LogP) is 5.65. The molecule has 146 valence electrons. The zero-order valence-electron chi connectivity index (χ0n) is 15.7. The maximum atomic E-state index is 14.1. The Morgan fingerprint density at radius 2 is 1.50 bits per heavy atom. The molecular weight excluding hydrogens is 397 g/mol. The highest BCUT2D eigenvalue weighted by Gasteiger charge is 2.15. The van der Waals surface area contributed by atoms with E-state index in [-0.39, 0.29) is 16.7 Å². The number of hydrogen-bond acceptors (Lipinski definition) is 3. The van der Waals surface area contributed by atoms with E-state index in [1.165, 1.54) is 21.7 Å². The van der Waals surface area contributed by atoms with Crippen LogP contribution in [0.5, 0.6) is 0 Å². The number of halogens is 1. The molecule has 5 rings (SSSR count). The number of H-pyrrole nitrogens is 1. The van der Waals surface area contributed by atoms with E-state index in [0.29, 0.717) is 5.65 Å². The van der Waals surface area contributed by atoms with Crippen LogP contribution in [0.25, 0.3) is 27.9 Å². The van der Waals surface area contributed by atoms with Crippen LogP contribution in [0.15, 0.2) is 106 Å². The Kier molecular flexibility index (Phi) is 4.69. The molecule has 0 atom stereocenters. The maximum Gasteiger partial charge on any atom is 0.280 e. The van der Waals surface area contributed by atoms with Crippen molar-refractivity contribution in [3.63, 3.8) is 0 Å². The van der Waals surface area contributed by atoms with Crippen molar-refractivity contribution in [2.45, 2.75) is 9.79 Å². The molecule has 2 heterocycles. The molecule has 0 spiro atoms. The van der Waals surface area contributed by atoms with Gasteiger partial charge in [0.05, 0.1) is 5.56 Å². The van der Waals surface area contributed by atoms with Crippen molar-refractivity contribution in [1.82, 2.24) is 14.6 Å². The minimum absolute atomic E-state index is 0.216. The van der Waals surface area contributed by atoms with Crippen LogP contribution in [0.1, 0.15) is 0 Å². The average molecular weight is 413 g/mol. The summed E-state index contributed by atoms with van der Waals surface area (Å²) in [6, 6.07) is 24.5. The fourth-order valence-corrected chi connectivity index (χ4v) is 4.20. The number of aromatic nitrogens is 3. The van der Waals surface area contributed by atoms with Crippen molar-refractivity contribution in [2.75, 3.05) is 0 Å². The summed E-state index contributed by atoms with van der Waals surface area (Å²) in [4.78, 5) is 19.6. The molecule has 0 amide bonds. The molecule has 6 heteroatoms. The minimum Gasteiger partial charge on any atom is -0.296 e. The van der Waals surface area contributed by atoms with Gasteiger partial charge in [-0.2, -0.15) is 0 Å². The maximum absolute atomic E-state index is 14.1. The molecule has 0 saturated heterocycles. The first-order chi connectivity index (χ1) is 14.7. The van der Waals surface area contributed by atoms with E-state index in [9.17, 15) is 9.18 Å². The van der Waals surface area contributed by atoms with Crippen LogP contribution in [0.2, 0.25) is 0 Å². The second kappa shape index (κ2) is 7.65. The second-order valence-electron chi connectivity index (χ2n) is 6.74. The smallest absolute Gasteiger partial charge is 0.280 e. The van der Waals surface area contributed by atoms with Crippen molar-refractivity contribution >= 4 is 17.4 Å². The van der Waals surface area contributed by atoms with Crippen LogP contribution in [-0.2, 0) is 0 Å². The Hall–Kier alpha value is -3.64. The zero-order valence-corrected chi connectivity index (χ0v) is 16.6. The second-order valence-corrected chi connectivity index (χ2v) is 7.89. The van der Waals surface area contributed by atoms with Gasteiger partial charge in [-0.3, -0.25) is 9.89 Å². The standard InChI is InChI=1S/C24H16FN3OS/c25-22-9-5-4-8-19(22)21-14-26-23-20(15-27-28(23)24(21)29)16-10-12-18(13-11-16)30-17-6-2-1-3-7-17/h1-15,27H. The van der Waals surface area contributed by atoms with Crippen LogP contribution >= 0.6 is 11.8 Å². The van der Waals surface area contributed by atoms with Crippen LogP contribution in [0, 0.1) is 5.82 Å². The summed E-state index contributed by atoms with van der Waals surface area (Å²) in [6.07, 6.45) is 3.18. The van der Waals surface area contributed by atoms with Crippen LogP contribution in [0.3, 0.4) is 0 Å². The van der Waals surface area contributed by atoms with Gasteiger partial charge in [-0.25, -0.2) is 13.9 Å². The molecule has 0 aliphatic rings. The predicted molar refractivity (Wildman–Crippen MR) is 117 cm³/mol. The molecule has 2 aromatic heterocycles. The van der Waals surface area contributed by atoms with Crippen molar-refractivity contribution in [2.24, 2.45) is 0 Å². The number of nitrogens with one attached hydrogen (secondary N) is 1. The highest BCUT2D eigenvalue weighted by molar-refractivity contribution is 7.99. The topological polar surface area (TPSA) is 50.2 Å². The first kappa shape index (κ1) is 18.4. The summed E-state index contributed by atoms with van der Waals surface area (Å²) in [5, 5.41) is 2.95. The lowest BCUT2D eigenvalue weighted by molar-refractivity contribution is 0.631. The Morgan fingerprint density at radius 3 is 2.27 bits per heavy atom. The molecule has 0 bridgehead atoms. The third-order valence-corrected chi connectivity index (χ3v) is 5.86. The molecule has 30 heavy (non-hydrogen) atoms. The van der Waals surface area contributed by atoms with Gasteiger partial charge in [0.2, 0.25) is 0 Å². The minimum atomic E-state index is -0.449. The van der Waals surface area contributed by atoms with Gasteiger partial charge in [0.25, 0.3) is 5.56 Å². The SMILES string of the molecule is O=c1c(-c2ccccc2F)cnc2c(-c3ccc(Sc4ccccc4)cc3)c[nH]n12. The lowest BCUT2D eigenvalue weighted by atomic mass is 10.1. The van der Waals surface area contributed by atoms with E-state index in [1.54, 1.807) is 36.2 Å². The Bertz CT molecular complexity index is 1390. The normalized spacial score (nSPS) is 11.1. The average Bonchev–Trinajstić information content (AvgIpc) is 3.21. The Morgan fingerprint density at radius 1 is 0.800 bits per heavy atom. The van der Waals surface area contributed by atoms with Gasteiger partial charge in [-0.15, -0.1) is 0 Å². The highest BCUT2D eigenvalue weighted by Crippen LogP contribution is 2.30. The third kappa shape index (κ3) is 3.31. The summed E-state index contributed by atoms with van der Waals surface area (Å²) >= 11 is 1.69. The van der Waals surface area contributed by atoms with Crippen molar-refractivity contribution in [1.29, 1.82) is 0 Å². The summed E-state index contributed by atoms with van der Waals surface area (Å²) in [5.74, 6) is -0.449. The number of aromatic amines is 1. The number of rotatable bonds is 4. The van der Waals surface area contributed by atoms with Crippen LogP contribution in [-0.4, -0.2) is 14.6 Å². The Balaban J connectivity index is 1.50. The van der Waals surface area contributed by atoms with Crippen LogP contribution in [0.4, 0.5) is 4.39 Å². The van der Waals surface area contributed by atoms with Gasteiger partial charge in [0, 0.05) is 33.3 Å². The molecule has 4 nitrogen and oxygen atoms in total. The van der Waals surface area contributed by atoms with Crippen molar-refractivity contribution < 1.29 is 4.39 Å². The molecule has 3 aromatic carbocycles. The first-order valence-electron chi connectivity index (χ1n) is 9.38. The number of benzene rings is 3. The quantitative estimate of drug-likeness (QED) is 0.414. The van der Waals surface area contributed by atoms with E-state index >= 15 is 0 Å². The molecule has 0 aliphatic carbocycles. The van der Waals surface area contributed by atoms with Crippen LogP contribution < -0.4 is 5.56 Å². The molecule has 5 aromatic rings. The van der Waals surface area contributed by atoms with Gasteiger partial charge >= 0.3 is 0 Å². The number of nitrogens with zero attached hydrogens (tertiary/aromatic N) is 2. The van der Waals surface area contributed by atoms with Gasteiger partial charge in [0.15, 0.2) is 5.65 Å². The van der Waals surface area contributed by atoms with Gasteiger partial charge in [-0.05, 0) is 35.9 Å². The summed E-state index contributed by atoms with van der Waals surface area (Å²) in [5.41, 5.74) is 2.37. The molecule has 0 unspecified atom stereocenters. The summed E-state index contributed by atoms with van der Waals surface area (Å²) in [7, 11) is 0. The number of hydrogen-bond donors (Lipinski definition) is 1. The molecule has 0 saturated carbocycles. The molecule has 0 fully saturated rings. The zero-order chi connectivity index (χ0) is 20.5. The van der Waals surface area contributed by atoms with E-state index in [1.807, 2.05) is 42.5 Å². The first-order valence-corrected chi connectivity index (χ1v) is 10.2. The molecule has 0 radical (unpaired) electrons. The highest BCUT2D eigenvalue weighted by atomic mass is 32.2. The Labute approximate surface area is 176 Å². The van der Waals surface area contributed by atoms with Gasteiger partial charge in [-0.1, -0.05) is 60.3 Å². The van der Waals surface area contributed by atoms with Gasteiger partial charge in [0.1, 0.15) is 5.82 Å². The number of fused-ring (bicyclic) bond motifs is 1. The van der Waals surface area contributed by atoms with Crippen molar-refractivity contribution in [3.8, 4) is 22.3 Å². The van der Waals surface area contributed by atoms with E-state index in [2.05, 4.69) is 22.2 Å². The van der Waals surface area contributed by atoms with Crippen molar-refractivity contribution in [3.05, 3.63) is 107 Å². The monoisotopic (exact) mass is 413 g/mol. The van der Waals surface area contributed by atoms with E-state index in [4.69, 9.17) is 0 Å². The fraction of sp³-hybridized carbons (Fsp3) is 0. The molecule has 0 aliphatic heterocycles. The molecule has 1 N–H and O–H groups in total. The lowest BCUT2D eigenvalue weighted by Gasteiger charge is -2.05. The third-order valence-electron chi connectivity index (χ3n) is 4.85. The van der Waals surface area contributed by atoms with Gasteiger partial charge < -0.3 is 0 Å². The fourth-order valence-electron chi connectivity index (χ4n) is 3.36. The lowest BCUT2D eigenvalue weighted by Crippen LogP contribution is -2.17. The molecular formula is C24H16FN3OS. The summed E-state index contributed by atoms with van der Waals surface area (Å²) in [6.45, 7) is 0. The summed E-state index contributed by atoms with van der Waals surface area (Å²) < 4.78 is 15.5. The van der Waals surface area contributed by atoms with E-state index < -0.39 is 5.82 Å².